The highest BCUT2D eigenvalue weighted by atomic mass is 15.2. The predicted octanol–water partition coefficient (Wildman–Crippen LogP) is 2.89. The molecule has 2 nitrogen and oxygen atoms in total. The Bertz CT molecular complexity index is 316. The van der Waals surface area contributed by atoms with E-state index in [1.165, 1.54) is 38.8 Å². The lowest BCUT2D eigenvalue weighted by atomic mass is 9.52. The highest BCUT2D eigenvalue weighted by Gasteiger charge is 2.54. The maximum absolute atomic E-state index is 3.52. The molecule has 1 heterocycles. The number of nitrogens with one attached hydrogen (secondary N) is 1. The van der Waals surface area contributed by atoms with E-state index < -0.39 is 0 Å². The number of hydrogen-bond acceptors (Lipinski definition) is 2. The summed E-state index contributed by atoms with van der Waals surface area (Å²) < 4.78 is 0. The molecule has 1 saturated heterocycles. The topological polar surface area (TPSA) is 15.3 Å². The van der Waals surface area contributed by atoms with E-state index in [2.05, 4.69) is 24.2 Å². The lowest BCUT2D eigenvalue weighted by Crippen LogP contribution is -2.63. The van der Waals surface area contributed by atoms with Crippen molar-refractivity contribution in [2.24, 2.45) is 23.7 Å². The van der Waals surface area contributed by atoms with Crippen molar-refractivity contribution in [1.82, 2.24) is 10.2 Å². The molecular formula is C17H30N2. The second-order valence-corrected chi connectivity index (χ2v) is 8.25. The zero-order chi connectivity index (χ0) is 13.0. The molecule has 4 aliphatic carbocycles. The van der Waals surface area contributed by atoms with Crippen molar-refractivity contribution in [1.29, 1.82) is 0 Å². The Balaban J connectivity index is 1.53. The van der Waals surface area contributed by atoms with Gasteiger partial charge >= 0.3 is 0 Å². The van der Waals surface area contributed by atoms with Crippen LogP contribution in [0.4, 0.5) is 0 Å². The van der Waals surface area contributed by atoms with Crippen molar-refractivity contribution in [2.45, 2.75) is 63.5 Å². The molecule has 0 aromatic carbocycles. The van der Waals surface area contributed by atoms with Gasteiger partial charge in [-0.1, -0.05) is 6.92 Å². The number of nitrogens with zero attached hydrogens (tertiary/aromatic N) is 1. The van der Waals surface area contributed by atoms with Gasteiger partial charge in [0.15, 0.2) is 0 Å². The van der Waals surface area contributed by atoms with Crippen LogP contribution in [0.3, 0.4) is 0 Å². The van der Waals surface area contributed by atoms with Gasteiger partial charge in [0.25, 0.3) is 0 Å². The van der Waals surface area contributed by atoms with Crippen LogP contribution in [0.2, 0.25) is 0 Å². The quantitative estimate of drug-likeness (QED) is 0.823. The van der Waals surface area contributed by atoms with Crippen molar-refractivity contribution < 1.29 is 0 Å². The normalized spacial score (nSPS) is 53.7. The third kappa shape index (κ3) is 1.98. The zero-order valence-electron chi connectivity index (χ0n) is 12.7. The smallest absolute Gasteiger partial charge is 0.0217 e. The molecule has 5 fully saturated rings. The fraction of sp³-hybridized carbons (Fsp3) is 1.00. The maximum Gasteiger partial charge on any atom is 0.0217 e. The summed E-state index contributed by atoms with van der Waals surface area (Å²) in [5, 5.41) is 3.52. The minimum absolute atomic E-state index is 0.641. The SMILES string of the molecule is CNC1CCN(C23CC4CC(CC(C4)C2)C3)CC1C. The summed E-state index contributed by atoms with van der Waals surface area (Å²) in [4.78, 5) is 2.94. The third-order valence-electron chi connectivity index (χ3n) is 6.95. The van der Waals surface area contributed by atoms with E-state index in [1.54, 1.807) is 19.3 Å². The van der Waals surface area contributed by atoms with Gasteiger partial charge in [-0.25, -0.2) is 0 Å². The third-order valence-corrected chi connectivity index (χ3v) is 6.95. The fourth-order valence-electron chi connectivity index (χ4n) is 6.46. The summed E-state index contributed by atoms with van der Waals surface area (Å²) >= 11 is 0. The molecule has 19 heavy (non-hydrogen) atoms. The lowest BCUT2D eigenvalue weighted by Gasteiger charge is -2.62. The van der Waals surface area contributed by atoms with Gasteiger partial charge in [-0.2, -0.15) is 0 Å². The van der Waals surface area contributed by atoms with Crippen LogP contribution in [0.5, 0.6) is 0 Å². The van der Waals surface area contributed by atoms with Crippen LogP contribution in [-0.2, 0) is 0 Å². The monoisotopic (exact) mass is 262 g/mol. The molecule has 1 aliphatic heterocycles. The average Bonchev–Trinajstić information content (AvgIpc) is 2.37. The van der Waals surface area contributed by atoms with E-state index in [1.807, 2.05) is 0 Å². The molecule has 2 atom stereocenters. The minimum atomic E-state index is 0.641. The first kappa shape index (κ1) is 12.6. The average molecular weight is 262 g/mol. The van der Waals surface area contributed by atoms with Crippen LogP contribution >= 0.6 is 0 Å². The Hall–Kier alpha value is -0.0800. The Morgan fingerprint density at radius 2 is 1.58 bits per heavy atom. The molecular weight excluding hydrogens is 232 g/mol. The van der Waals surface area contributed by atoms with Crippen molar-refractivity contribution >= 4 is 0 Å². The number of piperidine rings is 1. The van der Waals surface area contributed by atoms with E-state index in [0.717, 1.165) is 29.7 Å². The fourth-order valence-corrected chi connectivity index (χ4v) is 6.46. The molecule has 1 N–H and O–H groups in total. The van der Waals surface area contributed by atoms with Crippen LogP contribution in [0, 0.1) is 23.7 Å². The molecule has 0 spiro atoms. The second kappa shape index (κ2) is 4.46. The van der Waals surface area contributed by atoms with Crippen molar-refractivity contribution in [3.63, 3.8) is 0 Å². The molecule has 5 rings (SSSR count). The highest BCUT2D eigenvalue weighted by Crippen LogP contribution is 2.58. The molecule has 0 aromatic heterocycles. The summed E-state index contributed by atoms with van der Waals surface area (Å²) in [6.07, 6.45) is 10.7. The molecule has 108 valence electrons. The largest absolute Gasteiger partial charge is 0.317 e. The van der Waals surface area contributed by atoms with E-state index in [4.69, 9.17) is 0 Å². The van der Waals surface area contributed by atoms with E-state index in [-0.39, 0.29) is 0 Å². The molecule has 0 radical (unpaired) electrons. The van der Waals surface area contributed by atoms with Gasteiger partial charge in [0, 0.05) is 24.7 Å². The van der Waals surface area contributed by atoms with Crippen LogP contribution < -0.4 is 5.32 Å². The summed E-state index contributed by atoms with van der Waals surface area (Å²) in [6.45, 7) is 5.15. The van der Waals surface area contributed by atoms with Crippen LogP contribution in [-0.4, -0.2) is 36.6 Å². The predicted molar refractivity (Wildman–Crippen MR) is 79.1 cm³/mol. The molecule has 2 heteroatoms. The van der Waals surface area contributed by atoms with Gasteiger partial charge in [-0.3, -0.25) is 4.90 Å². The van der Waals surface area contributed by atoms with Gasteiger partial charge in [0.2, 0.25) is 0 Å². The van der Waals surface area contributed by atoms with Gasteiger partial charge in [0.05, 0.1) is 0 Å². The Labute approximate surface area is 118 Å². The summed E-state index contributed by atoms with van der Waals surface area (Å²) in [5.74, 6) is 4.09. The second-order valence-electron chi connectivity index (χ2n) is 8.25. The Morgan fingerprint density at radius 3 is 2.05 bits per heavy atom. The minimum Gasteiger partial charge on any atom is -0.317 e. The Morgan fingerprint density at radius 1 is 1.00 bits per heavy atom. The van der Waals surface area contributed by atoms with Gasteiger partial charge < -0.3 is 5.32 Å². The zero-order valence-corrected chi connectivity index (χ0v) is 12.7. The van der Waals surface area contributed by atoms with E-state index in [0.29, 0.717) is 5.54 Å². The van der Waals surface area contributed by atoms with E-state index >= 15 is 0 Å². The van der Waals surface area contributed by atoms with E-state index in [9.17, 15) is 0 Å². The lowest BCUT2D eigenvalue weighted by molar-refractivity contribution is -0.103. The maximum atomic E-state index is 3.52. The van der Waals surface area contributed by atoms with Crippen molar-refractivity contribution in [3.05, 3.63) is 0 Å². The van der Waals surface area contributed by atoms with Crippen molar-refractivity contribution in [2.75, 3.05) is 20.1 Å². The van der Waals surface area contributed by atoms with Crippen LogP contribution in [0.15, 0.2) is 0 Å². The van der Waals surface area contributed by atoms with Gasteiger partial charge in [0.1, 0.15) is 0 Å². The molecule has 5 aliphatic rings. The van der Waals surface area contributed by atoms with Crippen molar-refractivity contribution in [3.8, 4) is 0 Å². The first-order valence-electron chi connectivity index (χ1n) is 8.61. The molecule has 0 amide bonds. The first-order chi connectivity index (χ1) is 9.18. The first-order valence-corrected chi connectivity index (χ1v) is 8.61. The number of hydrogen-bond donors (Lipinski definition) is 1. The standard InChI is InChI=1S/C17H30N2/c1-12-11-19(4-3-16(12)18-2)17-8-13-5-14(9-17)7-15(6-13)10-17/h12-16,18H,3-11H2,1-2H3. The highest BCUT2D eigenvalue weighted by molar-refractivity contribution is 5.08. The van der Waals surface area contributed by atoms with Gasteiger partial charge in [-0.15, -0.1) is 0 Å². The Kier molecular flexibility index (Phi) is 2.97. The number of rotatable bonds is 2. The van der Waals surface area contributed by atoms with Crippen LogP contribution in [0.1, 0.15) is 51.9 Å². The summed E-state index contributed by atoms with van der Waals surface area (Å²) in [7, 11) is 2.14. The van der Waals surface area contributed by atoms with Crippen LogP contribution in [0.25, 0.3) is 0 Å². The molecule has 0 aromatic rings. The summed E-state index contributed by atoms with van der Waals surface area (Å²) in [6, 6.07) is 0.755. The number of likely N-dealkylation sites (tertiary alicyclic amines) is 1. The van der Waals surface area contributed by atoms with Gasteiger partial charge in [-0.05, 0) is 75.7 Å². The molecule has 2 unspecified atom stereocenters. The molecule has 4 bridgehead atoms. The molecule has 4 saturated carbocycles. The summed E-state index contributed by atoms with van der Waals surface area (Å²) in [5.41, 5.74) is 0.641.